The number of ketones is 1. The van der Waals surface area contributed by atoms with Gasteiger partial charge in [-0.15, -0.1) is 0 Å². The first-order valence-electron chi connectivity index (χ1n) is 8.02. The maximum Gasteiger partial charge on any atom is 0.178 e. The smallest absolute Gasteiger partial charge is 0.178 e. The fourth-order valence-corrected chi connectivity index (χ4v) is 3.18. The van der Waals surface area contributed by atoms with Crippen molar-refractivity contribution >= 4 is 11.9 Å². The van der Waals surface area contributed by atoms with Gasteiger partial charge in [0.1, 0.15) is 0 Å². The van der Waals surface area contributed by atoms with Crippen LogP contribution in [0.1, 0.15) is 44.7 Å². The molecule has 0 heterocycles. The van der Waals surface area contributed by atoms with Crippen molar-refractivity contribution in [1.29, 1.82) is 0 Å². The largest absolute Gasteiger partial charge is 0.290 e. The number of allylic oxidation sites excluding steroid dienone is 5. The van der Waals surface area contributed by atoms with E-state index >= 15 is 0 Å². The molecule has 2 rings (SSSR count). The third-order valence-corrected chi connectivity index (χ3v) is 4.52. The van der Waals surface area contributed by atoms with E-state index in [2.05, 4.69) is 52.0 Å². The molecule has 0 spiro atoms. The van der Waals surface area contributed by atoms with Gasteiger partial charge in [0.15, 0.2) is 5.78 Å². The molecular formula is C21H26O. The minimum Gasteiger partial charge on any atom is -0.290 e. The first-order valence-corrected chi connectivity index (χ1v) is 8.02. The zero-order valence-corrected chi connectivity index (χ0v) is 14.1. The van der Waals surface area contributed by atoms with Gasteiger partial charge in [0.25, 0.3) is 0 Å². The number of carbonyl (C=O) groups excluding carboxylic acids is 1. The molecule has 0 saturated heterocycles. The topological polar surface area (TPSA) is 17.1 Å². The van der Waals surface area contributed by atoms with Crippen molar-refractivity contribution in [3.8, 4) is 0 Å². The van der Waals surface area contributed by atoms with Crippen molar-refractivity contribution in [2.75, 3.05) is 0 Å². The maximum absolute atomic E-state index is 12.1. The summed E-state index contributed by atoms with van der Waals surface area (Å²) < 4.78 is 0. The lowest BCUT2D eigenvalue weighted by atomic mass is 9.68. The van der Waals surface area contributed by atoms with Crippen LogP contribution in [0.15, 0.2) is 54.1 Å². The van der Waals surface area contributed by atoms with E-state index in [0.717, 1.165) is 12.0 Å². The lowest BCUT2D eigenvalue weighted by Crippen LogP contribution is -2.26. The molecule has 0 radical (unpaired) electrons. The van der Waals surface area contributed by atoms with Gasteiger partial charge in [-0.1, -0.05) is 67.5 Å². The minimum atomic E-state index is 0.0516. The standard InChI is InChI=1S/C21H26O/c1-16-7-5-9-18(15-16)10-11-19(22)12-13-20-17(2)8-6-14-21(20,3)4/h5,7-13,15,20H,6,14H2,1-4H3/b11-10+,13-12+. The molecule has 0 saturated carbocycles. The molecule has 0 amide bonds. The highest BCUT2D eigenvalue weighted by Crippen LogP contribution is 2.41. The van der Waals surface area contributed by atoms with Crippen LogP contribution in [0.25, 0.3) is 6.08 Å². The van der Waals surface area contributed by atoms with E-state index in [1.54, 1.807) is 12.2 Å². The van der Waals surface area contributed by atoms with Crippen LogP contribution < -0.4 is 0 Å². The Hall–Kier alpha value is -1.89. The molecule has 0 bridgehead atoms. The Morgan fingerprint density at radius 3 is 2.68 bits per heavy atom. The number of hydrogen-bond acceptors (Lipinski definition) is 1. The van der Waals surface area contributed by atoms with Gasteiger partial charge in [0.2, 0.25) is 0 Å². The minimum absolute atomic E-state index is 0.0516. The molecule has 1 nitrogen and oxygen atoms in total. The van der Waals surface area contributed by atoms with Gasteiger partial charge in [-0.2, -0.15) is 0 Å². The third kappa shape index (κ3) is 4.30. The predicted octanol–water partition coefficient (Wildman–Crippen LogP) is 5.52. The second-order valence-electron chi connectivity index (χ2n) is 6.96. The van der Waals surface area contributed by atoms with Gasteiger partial charge in [-0.25, -0.2) is 0 Å². The van der Waals surface area contributed by atoms with Crippen molar-refractivity contribution in [2.45, 2.75) is 40.5 Å². The Bertz CT molecular complexity index is 629. The molecule has 1 heteroatoms. The second kappa shape index (κ2) is 6.91. The van der Waals surface area contributed by atoms with Crippen LogP contribution in [0.4, 0.5) is 0 Å². The second-order valence-corrected chi connectivity index (χ2v) is 6.96. The molecule has 1 aromatic carbocycles. The van der Waals surface area contributed by atoms with Crippen LogP contribution in [0.5, 0.6) is 0 Å². The summed E-state index contributed by atoms with van der Waals surface area (Å²) in [6, 6.07) is 8.15. The summed E-state index contributed by atoms with van der Waals surface area (Å²) >= 11 is 0. The first-order chi connectivity index (χ1) is 10.4. The predicted molar refractivity (Wildman–Crippen MR) is 94.6 cm³/mol. The number of benzene rings is 1. The molecule has 0 N–H and O–H groups in total. The van der Waals surface area contributed by atoms with E-state index in [1.165, 1.54) is 17.6 Å². The number of rotatable bonds is 4. The highest BCUT2D eigenvalue weighted by molar-refractivity contribution is 6.02. The fourth-order valence-electron chi connectivity index (χ4n) is 3.18. The first kappa shape index (κ1) is 16.5. The SMILES string of the molecule is CC1=CCCC(C)(C)C1/C=C/C(=O)/C=C/c1cccc(C)c1. The van der Waals surface area contributed by atoms with Gasteiger partial charge in [-0.3, -0.25) is 4.79 Å². The van der Waals surface area contributed by atoms with Crippen LogP contribution in [-0.4, -0.2) is 5.78 Å². The molecular weight excluding hydrogens is 268 g/mol. The highest BCUT2D eigenvalue weighted by Gasteiger charge is 2.30. The Labute approximate surface area is 134 Å². The Morgan fingerprint density at radius 2 is 2.00 bits per heavy atom. The van der Waals surface area contributed by atoms with Crippen molar-refractivity contribution in [2.24, 2.45) is 11.3 Å². The molecule has 1 aromatic rings. The van der Waals surface area contributed by atoms with Crippen LogP contribution in [0, 0.1) is 18.3 Å². The maximum atomic E-state index is 12.1. The van der Waals surface area contributed by atoms with E-state index in [0.29, 0.717) is 5.92 Å². The van der Waals surface area contributed by atoms with E-state index in [1.807, 2.05) is 18.2 Å². The molecule has 1 aliphatic rings. The van der Waals surface area contributed by atoms with E-state index in [9.17, 15) is 4.79 Å². The quantitative estimate of drug-likeness (QED) is 0.528. The van der Waals surface area contributed by atoms with Crippen molar-refractivity contribution in [3.05, 3.63) is 65.3 Å². The summed E-state index contributed by atoms with van der Waals surface area (Å²) in [6.45, 7) is 8.79. The highest BCUT2D eigenvalue weighted by atomic mass is 16.1. The molecule has 1 atom stereocenters. The number of carbonyl (C=O) groups is 1. The normalized spacial score (nSPS) is 21.3. The molecule has 22 heavy (non-hydrogen) atoms. The summed E-state index contributed by atoms with van der Waals surface area (Å²) in [4.78, 5) is 12.1. The summed E-state index contributed by atoms with van der Waals surface area (Å²) in [5, 5.41) is 0. The zero-order valence-electron chi connectivity index (χ0n) is 14.1. The molecule has 1 aliphatic carbocycles. The monoisotopic (exact) mass is 294 g/mol. The summed E-state index contributed by atoms with van der Waals surface area (Å²) in [7, 11) is 0. The van der Waals surface area contributed by atoms with Gasteiger partial charge in [0, 0.05) is 5.92 Å². The number of hydrogen-bond donors (Lipinski definition) is 0. The van der Waals surface area contributed by atoms with Crippen LogP contribution in [-0.2, 0) is 4.79 Å². The van der Waals surface area contributed by atoms with Gasteiger partial charge in [-0.05, 0) is 49.8 Å². The molecule has 0 fully saturated rings. The molecule has 0 aromatic heterocycles. The average molecular weight is 294 g/mol. The van der Waals surface area contributed by atoms with Crippen molar-refractivity contribution in [3.63, 3.8) is 0 Å². The Morgan fingerprint density at radius 1 is 1.23 bits per heavy atom. The summed E-state index contributed by atoms with van der Waals surface area (Å²) in [5.74, 6) is 0.410. The summed E-state index contributed by atoms with van der Waals surface area (Å²) in [6.07, 6.45) is 12.0. The molecule has 0 aliphatic heterocycles. The fraction of sp³-hybridized carbons (Fsp3) is 0.381. The lowest BCUT2D eigenvalue weighted by Gasteiger charge is -2.36. The van der Waals surface area contributed by atoms with E-state index in [4.69, 9.17) is 0 Å². The average Bonchev–Trinajstić information content (AvgIpc) is 2.44. The van der Waals surface area contributed by atoms with E-state index in [-0.39, 0.29) is 11.2 Å². The van der Waals surface area contributed by atoms with Crippen molar-refractivity contribution in [1.82, 2.24) is 0 Å². The van der Waals surface area contributed by atoms with Gasteiger partial charge >= 0.3 is 0 Å². The third-order valence-electron chi connectivity index (χ3n) is 4.52. The van der Waals surface area contributed by atoms with Crippen LogP contribution in [0.3, 0.4) is 0 Å². The Kier molecular flexibility index (Phi) is 5.18. The van der Waals surface area contributed by atoms with Gasteiger partial charge < -0.3 is 0 Å². The summed E-state index contributed by atoms with van der Waals surface area (Å²) in [5.41, 5.74) is 3.88. The molecule has 116 valence electrons. The Balaban J connectivity index is 2.05. The number of aryl methyl sites for hydroxylation is 1. The van der Waals surface area contributed by atoms with Crippen LogP contribution in [0.2, 0.25) is 0 Å². The van der Waals surface area contributed by atoms with Gasteiger partial charge in [0.05, 0.1) is 0 Å². The molecule has 1 unspecified atom stereocenters. The van der Waals surface area contributed by atoms with Crippen molar-refractivity contribution < 1.29 is 4.79 Å². The van der Waals surface area contributed by atoms with Crippen LogP contribution >= 0.6 is 0 Å². The lowest BCUT2D eigenvalue weighted by molar-refractivity contribution is -0.110. The zero-order chi connectivity index (χ0) is 16.2. The van der Waals surface area contributed by atoms with E-state index < -0.39 is 0 Å².